The fraction of sp³-hybridized carbons (Fsp3) is 0.333. The van der Waals surface area contributed by atoms with Crippen molar-refractivity contribution in [3.63, 3.8) is 0 Å². The van der Waals surface area contributed by atoms with Crippen LogP contribution >= 0.6 is 0 Å². The fourth-order valence-electron chi connectivity index (χ4n) is 1.90. The van der Waals surface area contributed by atoms with Gasteiger partial charge in [-0.25, -0.2) is 0 Å². The van der Waals surface area contributed by atoms with E-state index in [1.807, 2.05) is 33.0 Å². The third-order valence-corrected chi connectivity index (χ3v) is 2.92. The molecular formula is C15H19NO2. The highest BCUT2D eigenvalue weighted by atomic mass is 16.1. The summed E-state index contributed by atoms with van der Waals surface area (Å²) in [6.45, 7) is 6.78. The Kier molecular flexibility index (Phi) is 4.43. The zero-order valence-corrected chi connectivity index (χ0v) is 11.5. The number of nitrogens with one attached hydrogen (secondary N) is 1. The molecule has 0 atom stereocenters. The Balaban J connectivity index is 3.41. The number of Topliss-reactive ketones (excluding diaryl/α,β-unsaturated/α-hetero) is 2. The minimum absolute atomic E-state index is 0.200. The van der Waals surface area contributed by atoms with Crippen molar-refractivity contribution >= 4 is 23.3 Å². The third-order valence-electron chi connectivity index (χ3n) is 2.92. The summed E-state index contributed by atoms with van der Waals surface area (Å²) < 4.78 is 0. The monoisotopic (exact) mass is 245 g/mol. The van der Waals surface area contributed by atoms with E-state index in [2.05, 4.69) is 5.32 Å². The van der Waals surface area contributed by atoms with E-state index in [4.69, 9.17) is 0 Å². The Morgan fingerprint density at radius 3 is 2.11 bits per heavy atom. The zero-order chi connectivity index (χ0) is 13.9. The van der Waals surface area contributed by atoms with Crippen LogP contribution in [0.2, 0.25) is 0 Å². The maximum absolute atomic E-state index is 11.4. The first-order chi connectivity index (χ1) is 8.36. The van der Waals surface area contributed by atoms with Crippen molar-refractivity contribution < 1.29 is 9.59 Å². The molecule has 0 heterocycles. The quantitative estimate of drug-likeness (QED) is 0.504. The number of hydrogen-bond acceptors (Lipinski definition) is 3. The van der Waals surface area contributed by atoms with Gasteiger partial charge in [0.25, 0.3) is 0 Å². The highest BCUT2D eigenvalue weighted by Crippen LogP contribution is 2.23. The van der Waals surface area contributed by atoms with Crippen LogP contribution in [0, 0.1) is 13.8 Å². The second-order valence-electron chi connectivity index (χ2n) is 4.45. The van der Waals surface area contributed by atoms with Gasteiger partial charge >= 0.3 is 0 Å². The van der Waals surface area contributed by atoms with Gasteiger partial charge < -0.3 is 5.32 Å². The molecule has 0 fully saturated rings. The molecule has 1 aromatic carbocycles. The molecule has 3 heteroatoms. The number of benzene rings is 1. The molecule has 0 radical (unpaired) electrons. The van der Waals surface area contributed by atoms with Gasteiger partial charge in [0.2, 0.25) is 0 Å². The second kappa shape index (κ2) is 5.63. The van der Waals surface area contributed by atoms with Crippen LogP contribution in [-0.4, -0.2) is 18.6 Å². The Morgan fingerprint density at radius 1 is 1.11 bits per heavy atom. The van der Waals surface area contributed by atoms with Crippen molar-refractivity contribution in [2.24, 2.45) is 0 Å². The smallest absolute Gasteiger partial charge is 0.163 e. The van der Waals surface area contributed by atoms with Gasteiger partial charge in [-0.15, -0.1) is 0 Å². The zero-order valence-electron chi connectivity index (χ0n) is 11.5. The number of carbonyl (C=O) groups excluding carboxylic acids is 2. The Hall–Kier alpha value is -1.90. The van der Waals surface area contributed by atoms with Crippen molar-refractivity contribution in [2.45, 2.75) is 27.7 Å². The predicted molar refractivity (Wildman–Crippen MR) is 74.8 cm³/mol. The third kappa shape index (κ3) is 3.06. The largest absolute Gasteiger partial charge is 0.388 e. The Labute approximate surface area is 108 Å². The molecule has 0 bridgehead atoms. The average Bonchev–Trinajstić information content (AvgIpc) is 2.28. The maximum atomic E-state index is 11.4. The van der Waals surface area contributed by atoms with Crippen LogP contribution in [-0.2, 0) is 9.59 Å². The molecule has 0 spiro atoms. The van der Waals surface area contributed by atoms with Crippen LogP contribution in [0.15, 0.2) is 17.7 Å². The van der Waals surface area contributed by atoms with E-state index in [0.717, 1.165) is 22.4 Å². The van der Waals surface area contributed by atoms with E-state index in [0.29, 0.717) is 0 Å². The number of aryl methyl sites for hydroxylation is 1. The molecule has 1 N–H and O–H groups in total. The lowest BCUT2D eigenvalue weighted by Crippen LogP contribution is -2.06. The van der Waals surface area contributed by atoms with Gasteiger partial charge in [-0.3, -0.25) is 9.59 Å². The van der Waals surface area contributed by atoms with E-state index in [1.54, 1.807) is 6.08 Å². The number of rotatable bonds is 4. The highest BCUT2D eigenvalue weighted by Gasteiger charge is 2.11. The first-order valence-electron chi connectivity index (χ1n) is 5.89. The molecule has 96 valence electrons. The van der Waals surface area contributed by atoms with E-state index >= 15 is 0 Å². The van der Waals surface area contributed by atoms with Gasteiger partial charge in [-0.1, -0.05) is 6.07 Å². The number of allylic oxidation sites excluding steroid dienone is 1. The summed E-state index contributed by atoms with van der Waals surface area (Å²) in [6.07, 6.45) is 1.67. The molecular weight excluding hydrogens is 226 g/mol. The lowest BCUT2D eigenvalue weighted by atomic mass is 9.98. The lowest BCUT2D eigenvalue weighted by Gasteiger charge is -2.11. The van der Waals surface area contributed by atoms with Gasteiger partial charge in [-0.05, 0) is 56.5 Å². The van der Waals surface area contributed by atoms with Gasteiger partial charge in [0, 0.05) is 12.7 Å². The first kappa shape index (κ1) is 14.2. The van der Waals surface area contributed by atoms with Crippen LogP contribution in [0.1, 0.15) is 30.5 Å². The minimum Gasteiger partial charge on any atom is -0.388 e. The van der Waals surface area contributed by atoms with Gasteiger partial charge in [0.15, 0.2) is 11.6 Å². The molecule has 18 heavy (non-hydrogen) atoms. The van der Waals surface area contributed by atoms with Crippen LogP contribution in [0.5, 0.6) is 0 Å². The standard InChI is InChI=1S/C15H19NO2/c1-9-6-13(10(2)15(7-9)16-5)8-14(11(3)17)12(4)18/h6-8,16H,1-5H3. The number of ketones is 2. The number of carbonyl (C=O) groups is 2. The summed E-state index contributed by atoms with van der Waals surface area (Å²) >= 11 is 0. The van der Waals surface area contributed by atoms with E-state index < -0.39 is 0 Å². The number of anilines is 1. The summed E-state index contributed by atoms with van der Waals surface area (Å²) in [5, 5.41) is 3.11. The maximum Gasteiger partial charge on any atom is 0.163 e. The lowest BCUT2D eigenvalue weighted by molar-refractivity contribution is -0.119. The van der Waals surface area contributed by atoms with Crippen molar-refractivity contribution in [2.75, 3.05) is 12.4 Å². The second-order valence-corrected chi connectivity index (χ2v) is 4.45. The normalized spacial score (nSPS) is 9.83. The Bertz CT molecular complexity index is 512. The van der Waals surface area contributed by atoms with Crippen molar-refractivity contribution in [1.82, 2.24) is 0 Å². The van der Waals surface area contributed by atoms with Crippen molar-refractivity contribution in [1.29, 1.82) is 0 Å². The average molecular weight is 245 g/mol. The summed E-state index contributed by atoms with van der Waals surface area (Å²) in [7, 11) is 1.85. The van der Waals surface area contributed by atoms with E-state index in [1.165, 1.54) is 13.8 Å². The van der Waals surface area contributed by atoms with Gasteiger partial charge in [0.05, 0.1) is 5.57 Å². The highest BCUT2D eigenvalue weighted by molar-refractivity contribution is 6.21. The number of hydrogen-bond donors (Lipinski definition) is 1. The van der Waals surface area contributed by atoms with Crippen LogP contribution in [0.4, 0.5) is 5.69 Å². The molecule has 1 rings (SSSR count). The molecule has 3 nitrogen and oxygen atoms in total. The SMILES string of the molecule is CNc1cc(C)cc(C=C(C(C)=O)C(C)=O)c1C. The van der Waals surface area contributed by atoms with Crippen molar-refractivity contribution in [3.8, 4) is 0 Å². The predicted octanol–water partition coefficient (Wildman–Crippen LogP) is 2.91. The fourth-order valence-corrected chi connectivity index (χ4v) is 1.90. The topological polar surface area (TPSA) is 46.2 Å². The van der Waals surface area contributed by atoms with E-state index in [9.17, 15) is 9.59 Å². The molecule has 1 aromatic rings. The summed E-state index contributed by atoms with van der Waals surface area (Å²) in [4.78, 5) is 22.9. The molecule has 0 aliphatic heterocycles. The van der Waals surface area contributed by atoms with Gasteiger partial charge in [-0.2, -0.15) is 0 Å². The van der Waals surface area contributed by atoms with Crippen LogP contribution in [0.25, 0.3) is 6.08 Å². The van der Waals surface area contributed by atoms with Crippen LogP contribution in [0.3, 0.4) is 0 Å². The van der Waals surface area contributed by atoms with E-state index in [-0.39, 0.29) is 17.1 Å². The van der Waals surface area contributed by atoms with Gasteiger partial charge in [0.1, 0.15) is 0 Å². The van der Waals surface area contributed by atoms with Crippen LogP contribution < -0.4 is 5.32 Å². The molecule has 0 saturated heterocycles. The summed E-state index contributed by atoms with van der Waals surface area (Å²) in [5.41, 5.74) is 4.27. The molecule has 0 amide bonds. The Morgan fingerprint density at radius 2 is 1.67 bits per heavy atom. The summed E-state index contributed by atoms with van der Waals surface area (Å²) in [5.74, 6) is -0.399. The van der Waals surface area contributed by atoms with Crippen molar-refractivity contribution in [3.05, 3.63) is 34.4 Å². The molecule has 0 aliphatic carbocycles. The molecule has 0 aromatic heterocycles. The molecule has 0 aliphatic rings. The molecule has 0 unspecified atom stereocenters. The first-order valence-corrected chi connectivity index (χ1v) is 5.89. The molecule has 0 saturated carbocycles. The summed E-state index contributed by atoms with van der Waals surface area (Å²) in [6, 6.07) is 4.01. The minimum atomic E-state index is -0.200.